The summed E-state index contributed by atoms with van der Waals surface area (Å²) in [4.78, 5) is 0. The topological polar surface area (TPSA) is 72.2 Å². The third kappa shape index (κ3) is 2.82. The first-order valence-electron chi connectivity index (χ1n) is 3.76. The molecule has 0 saturated carbocycles. The summed E-state index contributed by atoms with van der Waals surface area (Å²) < 4.78 is 29.9. The molecule has 1 N–H and O–H groups in total. The first-order chi connectivity index (χ1) is 5.81. The highest BCUT2D eigenvalue weighted by Crippen LogP contribution is 2.10. The molecular weight excluding hydrogens is 192 g/mol. The molecule has 0 saturated heterocycles. The lowest BCUT2D eigenvalue weighted by Gasteiger charge is -2.18. The summed E-state index contributed by atoms with van der Waals surface area (Å²) in [6, 6.07) is 1.30. The summed E-state index contributed by atoms with van der Waals surface area (Å²) in [5.41, 5.74) is -0.522. The molecule has 1 aromatic heterocycles. The Morgan fingerprint density at radius 1 is 1.46 bits per heavy atom. The van der Waals surface area contributed by atoms with Crippen molar-refractivity contribution in [2.75, 3.05) is 0 Å². The second-order valence-electron chi connectivity index (χ2n) is 3.69. The van der Waals surface area contributed by atoms with Crippen molar-refractivity contribution in [1.82, 2.24) is 9.88 Å². The number of hydrogen-bond donors (Lipinski definition) is 1. The highest BCUT2D eigenvalue weighted by Gasteiger charge is 2.24. The molecule has 0 atom stereocenters. The van der Waals surface area contributed by atoms with Crippen LogP contribution in [0.25, 0.3) is 0 Å². The van der Waals surface area contributed by atoms with Crippen molar-refractivity contribution in [3.05, 3.63) is 12.3 Å². The van der Waals surface area contributed by atoms with Crippen molar-refractivity contribution in [3.8, 4) is 0 Å². The van der Waals surface area contributed by atoms with Gasteiger partial charge < -0.3 is 4.52 Å². The number of aromatic nitrogens is 1. The van der Waals surface area contributed by atoms with Gasteiger partial charge in [-0.15, -0.1) is 0 Å². The van der Waals surface area contributed by atoms with Crippen LogP contribution in [0.1, 0.15) is 20.8 Å². The predicted molar refractivity (Wildman–Crippen MR) is 46.6 cm³/mol. The SMILES string of the molecule is CC(C)(C)NS(=O)(=O)c1ccno1. The van der Waals surface area contributed by atoms with E-state index < -0.39 is 15.6 Å². The van der Waals surface area contributed by atoms with Gasteiger partial charge in [0.15, 0.2) is 0 Å². The quantitative estimate of drug-likeness (QED) is 0.771. The zero-order chi connectivity index (χ0) is 10.1. The zero-order valence-electron chi connectivity index (χ0n) is 7.73. The van der Waals surface area contributed by atoms with Gasteiger partial charge in [-0.1, -0.05) is 5.16 Å². The van der Waals surface area contributed by atoms with Crippen LogP contribution < -0.4 is 4.72 Å². The van der Waals surface area contributed by atoms with E-state index in [1.54, 1.807) is 20.8 Å². The fourth-order valence-electron chi connectivity index (χ4n) is 0.796. The fourth-order valence-corrected chi connectivity index (χ4v) is 2.08. The van der Waals surface area contributed by atoms with E-state index in [1.807, 2.05) is 0 Å². The lowest BCUT2D eigenvalue weighted by atomic mass is 10.1. The molecule has 0 spiro atoms. The minimum Gasteiger partial charge on any atom is -0.343 e. The third-order valence-electron chi connectivity index (χ3n) is 1.12. The van der Waals surface area contributed by atoms with E-state index in [0.717, 1.165) is 0 Å². The maximum atomic E-state index is 11.5. The van der Waals surface area contributed by atoms with E-state index in [-0.39, 0.29) is 5.09 Å². The number of rotatable bonds is 2. The minimum absolute atomic E-state index is 0.164. The normalized spacial score (nSPS) is 13.2. The smallest absolute Gasteiger partial charge is 0.277 e. The Bertz CT molecular complexity index is 361. The molecule has 0 fully saturated rings. The standard InChI is InChI=1S/C7H12N2O3S/c1-7(2,3)9-13(10,11)6-4-5-8-12-6/h4-5,9H,1-3H3. The van der Waals surface area contributed by atoms with Crippen LogP contribution in [0.5, 0.6) is 0 Å². The Morgan fingerprint density at radius 3 is 2.46 bits per heavy atom. The summed E-state index contributed by atoms with van der Waals surface area (Å²) in [5, 5.41) is 3.16. The Labute approximate surface area is 77.2 Å². The van der Waals surface area contributed by atoms with Crippen molar-refractivity contribution >= 4 is 10.0 Å². The average Bonchev–Trinajstić information content (AvgIpc) is 2.29. The summed E-state index contributed by atoms with van der Waals surface area (Å²) in [7, 11) is -3.55. The Balaban J connectivity index is 2.93. The van der Waals surface area contributed by atoms with Crippen molar-refractivity contribution in [1.29, 1.82) is 0 Å². The number of sulfonamides is 1. The van der Waals surface area contributed by atoms with Crippen LogP contribution in [0.15, 0.2) is 21.9 Å². The highest BCUT2D eigenvalue weighted by molar-refractivity contribution is 7.89. The molecule has 0 aliphatic heterocycles. The van der Waals surface area contributed by atoms with Gasteiger partial charge in [0.2, 0.25) is 0 Å². The molecule has 1 rings (SSSR count). The van der Waals surface area contributed by atoms with Gasteiger partial charge in [0, 0.05) is 11.6 Å². The van der Waals surface area contributed by atoms with Gasteiger partial charge in [-0.3, -0.25) is 0 Å². The van der Waals surface area contributed by atoms with Gasteiger partial charge >= 0.3 is 0 Å². The summed E-state index contributed by atoms with van der Waals surface area (Å²) >= 11 is 0. The second kappa shape index (κ2) is 3.12. The molecular formula is C7H12N2O3S. The van der Waals surface area contributed by atoms with Crippen molar-refractivity contribution in [2.45, 2.75) is 31.4 Å². The molecule has 74 valence electrons. The lowest BCUT2D eigenvalue weighted by Crippen LogP contribution is -2.40. The molecule has 13 heavy (non-hydrogen) atoms. The van der Waals surface area contributed by atoms with Crippen molar-refractivity contribution in [2.24, 2.45) is 0 Å². The molecule has 0 bridgehead atoms. The molecule has 0 amide bonds. The Kier molecular flexibility index (Phi) is 2.44. The van der Waals surface area contributed by atoms with E-state index in [1.165, 1.54) is 12.3 Å². The summed E-state index contributed by atoms with van der Waals surface area (Å²) in [6.07, 6.45) is 1.29. The van der Waals surface area contributed by atoms with E-state index in [2.05, 4.69) is 14.4 Å². The molecule has 0 radical (unpaired) electrons. The maximum absolute atomic E-state index is 11.5. The maximum Gasteiger partial charge on any atom is 0.277 e. The van der Waals surface area contributed by atoms with E-state index in [4.69, 9.17) is 0 Å². The van der Waals surface area contributed by atoms with Crippen molar-refractivity contribution in [3.63, 3.8) is 0 Å². The van der Waals surface area contributed by atoms with Crippen LogP contribution >= 0.6 is 0 Å². The summed E-state index contributed by atoms with van der Waals surface area (Å²) in [6.45, 7) is 5.25. The molecule has 0 aliphatic rings. The van der Waals surface area contributed by atoms with Crippen molar-refractivity contribution < 1.29 is 12.9 Å². The van der Waals surface area contributed by atoms with E-state index in [0.29, 0.717) is 0 Å². The molecule has 0 aliphatic carbocycles. The van der Waals surface area contributed by atoms with Crippen LogP contribution in [0, 0.1) is 0 Å². The third-order valence-corrected chi connectivity index (χ3v) is 2.74. The van der Waals surface area contributed by atoms with Gasteiger partial charge in [0.1, 0.15) is 0 Å². The van der Waals surface area contributed by atoms with Gasteiger partial charge in [0.05, 0.1) is 6.20 Å². The van der Waals surface area contributed by atoms with E-state index >= 15 is 0 Å². The second-order valence-corrected chi connectivity index (χ2v) is 5.30. The monoisotopic (exact) mass is 204 g/mol. The Morgan fingerprint density at radius 2 is 2.08 bits per heavy atom. The van der Waals surface area contributed by atoms with Crippen LogP contribution in [-0.2, 0) is 10.0 Å². The molecule has 5 nitrogen and oxygen atoms in total. The van der Waals surface area contributed by atoms with Crippen LogP contribution in [0.4, 0.5) is 0 Å². The number of hydrogen-bond acceptors (Lipinski definition) is 4. The average molecular weight is 204 g/mol. The van der Waals surface area contributed by atoms with Gasteiger partial charge in [-0.2, -0.15) is 0 Å². The number of nitrogens with zero attached hydrogens (tertiary/aromatic N) is 1. The number of nitrogens with one attached hydrogen (secondary N) is 1. The first-order valence-corrected chi connectivity index (χ1v) is 5.24. The molecule has 1 aromatic rings. The lowest BCUT2D eigenvalue weighted by molar-refractivity contribution is 0.334. The molecule has 1 heterocycles. The van der Waals surface area contributed by atoms with Crippen LogP contribution in [0.3, 0.4) is 0 Å². The molecule has 6 heteroatoms. The van der Waals surface area contributed by atoms with Gasteiger partial charge in [-0.05, 0) is 20.8 Å². The molecule has 0 unspecified atom stereocenters. The molecule has 0 aromatic carbocycles. The van der Waals surface area contributed by atoms with E-state index in [9.17, 15) is 8.42 Å². The van der Waals surface area contributed by atoms with Crippen LogP contribution in [0.2, 0.25) is 0 Å². The highest BCUT2D eigenvalue weighted by atomic mass is 32.2. The van der Waals surface area contributed by atoms with Crippen LogP contribution in [-0.4, -0.2) is 19.1 Å². The predicted octanol–water partition coefficient (Wildman–Crippen LogP) is 0.751. The van der Waals surface area contributed by atoms with Gasteiger partial charge in [0.25, 0.3) is 15.1 Å². The minimum atomic E-state index is -3.55. The largest absolute Gasteiger partial charge is 0.343 e. The first kappa shape index (κ1) is 10.2. The Hall–Kier alpha value is -0.880. The van der Waals surface area contributed by atoms with Gasteiger partial charge in [-0.25, -0.2) is 13.1 Å². The summed E-state index contributed by atoms with van der Waals surface area (Å²) in [5.74, 6) is 0. The zero-order valence-corrected chi connectivity index (χ0v) is 8.55. The fraction of sp³-hybridized carbons (Fsp3) is 0.571.